The zero-order valence-corrected chi connectivity index (χ0v) is 13.3. The van der Waals surface area contributed by atoms with Gasteiger partial charge < -0.3 is 5.73 Å². The number of sulfonamides is 1. The lowest BCUT2D eigenvalue weighted by Crippen LogP contribution is -2.33. The van der Waals surface area contributed by atoms with Crippen LogP contribution in [0, 0.1) is 6.92 Å². The van der Waals surface area contributed by atoms with Crippen LogP contribution in [-0.2, 0) is 10.0 Å². The number of aryl methyl sites for hydroxylation is 1. The summed E-state index contributed by atoms with van der Waals surface area (Å²) in [5.74, 6) is 2.00. The van der Waals surface area contributed by atoms with Gasteiger partial charge in [-0.15, -0.1) is 0 Å². The Morgan fingerprint density at radius 2 is 2.05 bits per heavy atom. The van der Waals surface area contributed by atoms with E-state index in [1.165, 1.54) is 6.07 Å². The molecule has 1 rings (SSSR count). The Balaban J connectivity index is 2.75. The second-order valence-corrected chi connectivity index (χ2v) is 7.70. The minimum absolute atomic E-state index is 0.0780. The molecule has 0 aliphatic heterocycles. The molecule has 0 saturated heterocycles. The van der Waals surface area contributed by atoms with E-state index in [1.807, 2.05) is 25.6 Å². The third-order valence-electron chi connectivity index (χ3n) is 2.64. The Bertz CT molecular complexity index is 495. The van der Waals surface area contributed by atoms with Gasteiger partial charge in [0.1, 0.15) is 0 Å². The Morgan fingerprint density at radius 1 is 1.37 bits per heavy atom. The molecule has 4 nitrogen and oxygen atoms in total. The van der Waals surface area contributed by atoms with Crippen LogP contribution >= 0.6 is 11.8 Å². The van der Waals surface area contributed by atoms with E-state index in [4.69, 9.17) is 5.73 Å². The fourth-order valence-corrected chi connectivity index (χ4v) is 3.95. The van der Waals surface area contributed by atoms with Gasteiger partial charge in [0.15, 0.2) is 0 Å². The van der Waals surface area contributed by atoms with Crippen molar-refractivity contribution in [3.8, 4) is 0 Å². The number of anilines is 1. The summed E-state index contributed by atoms with van der Waals surface area (Å²) >= 11 is 1.81. The fourth-order valence-electron chi connectivity index (χ4n) is 1.73. The summed E-state index contributed by atoms with van der Waals surface area (Å²) in [6, 6.07) is 4.79. The van der Waals surface area contributed by atoms with Crippen LogP contribution in [0.15, 0.2) is 23.1 Å². The summed E-state index contributed by atoms with van der Waals surface area (Å²) in [5, 5.41) is 0. The highest BCUT2D eigenvalue weighted by Crippen LogP contribution is 2.17. The van der Waals surface area contributed by atoms with E-state index in [0.717, 1.165) is 23.5 Å². The molecule has 1 unspecified atom stereocenters. The molecule has 0 fully saturated rings. The topological polar surface area (TPSA) is 72.2 Å². The summed E-state index contributed by atoms with van der Waals surface area (Å²) in [7, 11) is -3.48. The SMILES string of the molecule is CCSCCC(C)NS(=O)(=O)c1cc(C)cc(N)c1. The average Bonchev–Trinajstić information content (AvgIpc) is 2.27. The molecule has 0 aliphatic rings. The van der Waals surface area contributed by atoms with Crippen LogP contribution < -0.4 is 10.5 Å². The summed E-state index contributed by atoms with van der Waals surface area (Å²) in [6.45, 7) is 5.80. The fraction of sp³-hybridized carbons (Fsp3) is 0.538. The molecule has 0 radical (unpaired) electrons. The van der Waals surface area contributed by atoms with Crippen molar-refractivity contribution in [1.82, 2.24) is 4.72 Å². The first-order valence-corrected chi connectivity index (χ1v) is 8.96. The highest BCUT2D eigenvalue weighted by molar-refractivity contribution is 7.99. The molecule has 19 heavy (non-hydrogen) atoms. The number of nitrogens with one attached hydrogen (secondary N) is 1. The van der Waals surface area contributed by atoms with Crippen molar-refractivity contribution in [2.45, 2.75) is 38.1 Å². The van der Waals surface area contributed by atoms with Crippen molar-refractivity contribution in [1.29, 1.82) is 0 Å². The molecular weight excluding hydrogens is 280 g/mol. The first kappa shape index (κ1) is 16.3. The Hall–Kier alpha value is -0.720. The van der Waals surface area contributed by atoms with Gasteiger partial charge in [0.2, 0.25) is 10.0 Å². The lowest BCUT2D eigenvalue weighted by molar-refractivity contribution is 0.557. The first-order valence-electron chi connectivity index (χ1n) is 6.32. The monoisotopic (exact) mass is 302 g/mol. The lowest BCUT2D eigenvalue weighted by atomic mass is 10.2. The quantitative estimate of drug-likeness (QED) is 0.599. The summed E-state index contributed by atoms with van der Waals surface area (Å²) < 4.78 is 27.1. The van der Waals surface area contributed by atoms with Crippen LogP contribution in [0.1, 0.15) is 25.8 Å². The molecule has 108 valence electrons. The van der Waals surface area contributed by atoms with Crippen molar-refractivity contribution in [3.05, 3.63) is 23.8 Å². The molecule has 0 spiro atoms. The minimum Gasteiger partial charge on any atom is -0.399 e. The molecule has 0 saturated carbocycles. The number of hydrogen-bond acceptors (Lipinski definition) is 4. The van der Waals surface area contributed by atoms with E-state index < -0.39 is 10.0 Å². The normalized spacial score (nSPS) is 13.4. The van der Waals surface area contributed by atoms with Gasteiger partial charge in [-0.1, -0.05) is 6.92 Å². The van der Waals surface area contributed by atoms with Crippen molar-refractivity contribution in [2.75, 3.05) is 17.2 Å². The average molecular weight is 302 g/mol. The number of benzene rings is 1. The Kier molecular flexibility index (Phi) is 6.16. The van der Waals surface area contributed by atoms with Gasteiger partial charge in [-0.25, -0.2) is 13.1 Å². The van der Waals surface area contributed by atoms with Crippen LogP contribution in [0.5, 0.6) is 0 Å². The lowest BCUT2D eigenvalue weighted by Gasteiger charge is -2.14. The smallest absolute Gasteiger partial charge is 0.240 e. The zero-order valence-electron chi connectivity index (χ0n) is 11.6. The molecule has 1 atom stereocenters. The highest BCUT2D eigenvalue weighted by atomic mass is 32.2. The molecule has 0 aromatic heterocycles. The first-order chi connectivity index (χ1) is 8.85. The number of nitrogens with two attached hydrogens (primary N) is 1. The zero-order chi connectivity index (χ0) is 14.5. The van der Waals surface area contributed by atoms with Crippen LogP contribution in [0.2, 0.25) is 0 Å². The predicted octanol–water partition coefficient (Wildman–Crippen LogP) is 2.39. The molecular formula is C13H22N2O2S2. The second kappa shape index (κ2) is 7.17. The van der Waals surface area contributed by atoms with Gasteiger partial charge >= 0.3 is 0 Å². The van der Waals surface area contributed by atoms with Gasteiger partial charge in [0.25, 0.3) is 0 Å². The van der Waals surface area contributed by atoms with Gasteiger partial charge in [-0.05, 0) is 55.5 Å². The molecule has 0 heterocycles. The van der Waals surface area contributed by atoms with Crippen molar-refractivity contribution >= 4 is 27.5 Å². The van der Waals surface area contributed by atoms with E-state index in [1.54, 1.807) is 12.1 Å². The number of nitrogen functional groups attached to an aromatic ring is 1. The Labute approximate surface area is 120 Å². The van der Waals surface area contributed by atoms with E-state index >= 15 is 0 Å². The van der Waals surface area contributed by atoms with Gasteiger partial charge in [0, 0.05) is 11.7 Å². The maximum Gasteiger partial charge on any atom is 0.240 e. The van der Waals surface area contributed by atoms with Crippen molar-refractivity contribution < 1.29 is 8.42 Å². The van der Waals surface area contributed by atoms with Crippen LogP contribution in [0.4, 0.5) is 5.69 Å². The highest BCUT2D eigenvalue weighted by Gasteiger charge is 2.17. The van der Waals surface area contributed by atoms with E-state index in [2.05, 4.69) is 11.6 Å². The minimum atomic E-state index is -3.48. The molecule has 1 aromatic carbocycles. The van der Waals surface area contributed by atoms with Gasteiger partial charge in [-0.3, -0.25) is 0 Å². The summed E-state index contributed by atoms with van der Waals surface area (Å²) in [5.41, 5.74) is 7.00. The van der Waals surface area contributed by atoms with Crippen molar-refractivity contribution in [2.24, 2.45) is 0 Å². The molecule has 0 bridgehead atoms. The van der Waals surface area contributed by atoms with E-state index in [9.17, 15) is 8.42 Å². The molecule has 0 amide bonds. The van der Waals surface area contributed by atoms with E-state index in [0.29, 0.717) is 5.69 Å². The van der Waals surface area contributed by atoms with Crippen LogP contribution in [0.3, 0.4) is 0 Å². The third-order valence-corrected chi connectivity index (χ3v) is 5.14. The van der Waals surface area contributed by atoms with Gasteiger partial charge in [0.05, 0.1) is 4.90 Å². The van der Waals surface area contributed by atoms with E-state index in [-0.39, 0.29) is 10.9 Å². The predicted molar refractivity (Wildman–Crippen MR) is 83.0 cm³/mol. The second-order valence-electron chi connectivity index (χ2n) is 4.59. The number of rotatable bonds is 7. The maximum atomic E-state index is 12.2. The van der Waals surface area contributed by atoms with Crippen molar-refractivity contribution in [3.63, 3.8) is 0 Å². The summed E-state index contributed by atoms with van der Waals surface area (Å²) in [6.07, 6.45) is 0.818. The molecule has 3 N–H and O–H groups in total. The standard InChI is InChI=1S/C13H22N2O2S2/c1-4-18-6-5-11(3)15-19(16,17)13-8-10(2)7-12(14)9-13/h7-9,11,15H,4-6,14H2,1-3H3. The van der Waals surface area contributed by atoms with Crippen LogP contribution in [-0.4, -0.2) is 26.0 Å². The third kappa shape index (κ3) is 5.42. The molecule has 1 aromatic rings. The Morgan fingerprint density at radius 3 is 2.63 bits per heavy atom. The number of hydrogen-bond donors (Lipinski definition) is 2. The maximum absolute atomic E-state index is 12.2. The van der Waals surface area contributed by atoms with Gasteiger partial charge in [-0.2, -0.15) is 11.8 Å². The largest absolute Gasteiger partial charge is 0.399 e. The number of thioether (sulfide) groups is 1. The summed E-state index contributed by atoms with van der Waals surface area (Å²) in [4.78, 5) is 0.236. The van der Waals surface area contributed by atoms with Crippen LogP contribution in [0.25, 0.3) is 0 Å². The molecule has 6 heteroatoms. The molecule has 0 aliphatic carbocycles.